The van der Waals surface area contributed by atoms with E-state index in [-0.39, 0.29) is 12.1 Å². The average molecular weight is 454 g/mol. The molecule has 0 spiro atoms. The maximum absolute atomic E-state index is 14.3. The van der Waals surface area contributed by atoms with Gasteiger partial charge in [-0.15, -0.1) is 0 Å². The Kier molecular flexibility index (Phi) is 6.41. The van der Waals surface area contributed by atoms with E-state index in [0.29, 0.717) is 18.7 Å². The van der Waals surface area contributed by atoms with Crippen LogP contribution in [0.15, 0.2) is 48.8 Å². The topological polar surface area (TPSA) is 73.6 Å². The maximum atomic E-state index is 14.3. The summed E-state index contributed by atoms with van der Waals surface area (Å²) in [6.45, 7) is 10.3. The Balaban J connectivity index is 1.55. The number of rotatable bonds is 6. The van der Waals surface area contributed by atoms with Crippen molar-refractivity contribution in [1.29, 1.82) is 0 Å². The summed E-state index contributed by atoms with van der Waals surface area (Å²) in [5.41, 5.74) is 3.90. The van der Waals surface area contributed by atoms with Gasteiger partial charge >= 0.3 is 0 Å². The number of alkyl halides is 1. The van der Waals surface area contributed by atoms with E-state index in [1.165, 1.54) is 0 Å². The van der Waals surface area contributed by atoms with Crippen LogP contribution in [0.1, 0.15) is 43.6 Å². The number of amides is 1. The predicted molar refractivity (Wildman–Crippen MR) is 128 cm³/mol. The zero-order valence-corrected chi connectivity index (χ0v) is 19.6. The van der Waals surface area contributed by atoms with Crippen LogP contribution in [0.4, 0.5) is 10.1 Å². The van der Waals surface area contributed by atoms with Crippen LogP contribution in [-0.4, -0.2) is 63.0 Å². The zero-order chi connectivity index (χ0) is 23.8. The Bertz CT molecular complexity index is 1110. The SMILES string of the molecule is CC1CN(c2ccnc3c2ccn3Cc2ccc(C(=O)NO)cc2)C[C@H](C)N1CC(C)(C)F. The average Bonchev–Trinajstić information content (AvgIpc) is 3.18. The molecule has 1 saturated heterocycles. The zero-order valence-electron chi connectivity index (χ0n) is 19.6. The van der Waals surface area contributed by atoms with Crippen molar-refractivity contribution in [3.05, 3.63) is 59.9 Å². The number of pyridine rings is 1. The first-order chi connectivity index (χ1) is 15.7. The number of benzene rings is 1. The summed E-state index contributed by atoms with van der Waals surface area (Å²) in [4.78, 5) is 20.8. The van der Waals surface area contributed by atoms with Gasteiger partial charge in [-0.2, -0.15) is 0 Å². The molecule has 1 unspecified atom stereocenters. The van der Waals surface area contributed by atoms with E-state index >= 15 is 0 Å². The number of halogens is 1. The summed E-state index contributed by atoms with van der Waals surface area (Å²) >= 11 is 0. The smallest absolute Gasteiger partial charge is 0.274 e. The third-order valence-corrected chi connectivity index (χ3v) is 6.31. The molecule has 2 aromatic heterocycles. The summed E-state index contributed by atoms with van der Waals surface area (Å²) < 4.78 is 16.4. The molecule has 1 aliphatic rings. The van der Waals surface area contributed by atoms with Crippen molar-refractivity contribution in [1.82, 2.24) is 19.9 Å². The number of hydrogen-bond acceptors (Lipinski definition) is 5. The number of hydrogen-bond donors (Lipinski definition) is 2. The van der Waals surface area contributed by atoms with Gasteiger partial charge in [0, 0.05) is 67.3 Å². The molecule has 176 valence electrons. The number of carbonyl (C=O) groups is 1. The third-order valence-electron chi connectivity index (χ3n) is 6.31. The summed E-state index contributed by atoms with van der Waals surface area (Å²) in [5.74, 6) is -0.530. The number of nitrogens with one attached hydrogen (secondary N) is 1. The third kappa shape index (κ3) is 5.02. The van der Waals surface area contributed by atoms with Gasteiger partial charge in [0.25, 0.3) is 5.91 Å². The van der Waals surface area contributed by atoms with Crippen LogP contribution in [0, 0.1) is 0 Å². The highest BCUT2D eigenvalue weighted by molar-refractivity contribution is 5.93. The van der Waals surface area contributed by atoms with Crippen molar-refractivity contribution in [2.75, 3.05) is 24.5 Å². The Morgan fingerprint density at radius 3 is 2.42 bits per heavy atom. The molecule has 1 amide bonds. The van der Waals surface area contributed by atoms with Gasteiger partial charge in [0.2, 0.25) is 0 Å². The van der Waals surface area contributed by atoms with Crippen molar-refractivity contribution in [2.24, 2.45) is 0 Å². The molecule has 3 aromatic rings. The largest absolute Gasteiger partial charge is 0.368 e. The number of piperazine rings is 1. The minimum Gasteiger partial charge on any atom is -0.368 e. The lowest BCUT2D eigenvalue weighted by Gasteiger charge is -2.46. The lowest BCUT2D eigenvalue weighted by atomic mass is 10.0. The summed E-state index contributed by atoms with van der Waals surface area (Å²) in [7, 11) is 0. The number of anilines is 1. The fraction of sp³-hybridized carbons (Fsp3) is 0.440. The van der Waals surface area contributed by atoms with Gasteiger partial charge in [-0.25, -0.2) is 14.9 Å². The van der Waals surface area contributed by atoms with Crippen molar-refractivity contribution in [3.8, 4) is 0 Å². The summed E-state index contributed by atoms with van der Waals surface area (Å²) in [6.07, 6.45) is 3.87. The number of aromatic nitrogens is 2. The molecule has 3 heterocycles. The van der Waals surface area contributed by atoms with Crippen LogP contribution in [0.25, 0.3) is 11.0 Å². The van der Waals surface area contributed by atoms with Crippen molar-refractivity contribution in [2.45, 2.75) is 52.0 Å². The normalized spacial score (nSPS) is 19.8. The first-order valence-corrected chi connectivity index (χ1v) is 11.3. The minimum atomic E-state index is -1.22. The molecule has 1 aromatic carbocycles. The van der Waals surface area contributed by atoms with Gasteiger partial charge in [-0.05, 0) is 57.5 Å². The molecule has 7 nitrogen and oxygen atoms in total. The van der Waals surface area contributed by atoms with Crippen LogP contribution in [-0.2, 0) is 6.54 Å². The van der Waals surface area contributed by atoms with Crippen LogP contribution in [0.2, 0.25) is 0 Å². The summed E-state index contributed by atoms with van der Waals surface area (Å²) in [5, 5.41) is 9.87. The van der Waals surface area contributed by atoms with Crippen LogP contribution >= 0.6 is 0 Å². The van der Waals surface area contributed by atoms with Crippen LogP contribution in [0.5, 0.6) is 0 Å². The van der Waals surface area contributed by atoms with Gasteiger partial charge in [0.15, 0.2) is 0 Å². The lowest BCUT2D eigenvalue weighted by molar-refractivity contribution is 0.0587. The van der Waals surface area contributed by atoms with E-state index in [2.05, 4.69) is 45.3 Å². The number of nitrogens with zero attached hydrogens (tertiary/aromatic N) is 4. The molecule has 0 saturated carbocycles. The van der Waals surface area contributed by atoms with Crippen molar-refractivity contribution >= 4 is 22.6 Å². The Labute approximate surface area is 193 Å². The fourth-order valence-corrected chi connectivity index (χ4v) is 4.80. The molecule has 1 fully saturated rings. The molecule has 0 radical (unpaired) electrons. The van der Waals surface area contributed by atoms with E-state index in [0.717, 1.165) is 35.4 Å². The number of fused-ring (bicyclic) bond motifs is 1. The Hall–Kier alpha value is -2.97. The summed E-state index contributed by atoms with van der Waals surface area (Å²) in [6, 6.07) is 11.7. The molecule has 2 atom stereocenters. The first kappa shape index (κ1) is 23.2. The molecule has 33 heavy (non-hydrogen) atoms. The lowest BCUT2D eigenvalue weighted by Crippen LogP contribution is -2.59. The second-order valence-corrected chi connectivity index (χ2v) is 9.64. The van der Waals surface area contributed by atoms with Gasteiger partial charge in [0.1, 0.15) is 11.3 Å². The van der Waals surface area contributed by atoms with E-state index in [1.54, 1.807) is 31.5 Å². The molecule has 4 rings (SSSR count). The quantitative estimate of drug-likeness (QED) is 0.438. The van der Waals surface area contributed by atoms with Crippen LogP contribution < -0.4 is 10.4 Å². The highest BCUT2D eigenvalue weighted by atomic mass is 19.1. The van der Waals surface area contributed by atoms with E-state index < -0.39 is 11.6 Å². The second-order valence-electron chi connectivity index (χ2n) is 9.64. The second kappa shape index (κ2) is 9.11. The van der Waals surface area contributed by atoms with Gasteiger partial charge in [0.05, 0.1) is 0 Å². The molecule has 8 heteroatoms. The van der Waals surface area contributed by atoms with E-state index in [1.807, 2.05) is 24.5 Å². The molecular weight excluding hydrogens is 421 g/mol. The number of carbonyl (C=O) groups excluding carboxylic acids is 1. The molecule has 0 bridgehead atoms. The predicted octanol–water partition coefficient (Wildman–Crippen LogP) is 3.85. The molecule has 1 aliphatic heterocycles. The fourth-order valence-electron chi connectivity index (χ4n) is 4.80. The molecule has 0 aliphatic carbocycles. The number of hydroxylamine groups is 1. The van der Waals surface area contributed by atoms with E-state index in [9.17, 15) is 9.18 Å². The Morgan fingerprint density at radius 1 is 1.15 bits per heavy atom. The standard InChI is InChI=1S/C25H32FN5O2/c1-17-13-30(14-18(2)31(17)16-25(3,4)26)22-9-11-27-23-21(22)10-12-29(23)15-19-5-7-20(8-6-19)24(32)28-33/h5-12,17-18,33H,13-16H2,1-4H3,(H,28,32)/t17-,18?/m0/s1. The van der Waals surface area contributed by atoms with Crippen LogP contribution in [0.3, 0.4) is 0 Å². The molecule has 2 N–H and O–H groups in total. The van der Waals surface area contributed by atoms with Gasteiger partial charge in [-0.1, -0.05) is 12.1 Å². The Morgan fingerprint density at radius 2 is 1.82 bits per heavy atom. The van der Waals surface area contributed by atoms with Crippen molar-refractivity contribution < 1.29 is 14.4 Å². The van der Waals surface area contributed by atoms with Crippen molar-refractivity contribution in [3.63, 3.8) is 0 Å². The minimum absolute atomic E-state index is 0.240. The monoisotopic (exact) mass is 453 g/mol. The maximum Gasteiger partial charge on any atom is 0.274 e. The van der Waals surface area contributed by atoms with Gasteiger partial charge in [-0.3, -0.25) is 14.9 Å². The highest BCUT2D eigenvalue weighted by Gasteiger charge is 2.34. The first-order valence-electron chi connectivity index (χ1n) is 11.3. The van der Waals surface area contributed by atoms with Gasteiger partial charge < -0.3 is 9.47 Å². The molecular formula is C25H32FN5O2. The highest BCUT2D eigenvalue weighted by Crippen LogP contribution is 2.30. The van der Waals surface area contributed by atoms with E-state index in [4.69, 9.17) is 5.21 Å².